The van der Waals surface area contributed by atoms with E-state index in [0.29, 0.717) is 12.1 Å². The van der Waals surface area contributed by atoms with Crippen LogP contribution < -0.4 is 24.8 Å². The quantitative estimate of drug-likeness (QED) is 0.185. The first-order valence-corrected chi connectivity index (χ1v) is 14.1. The average Bonchev–Trinajstić information content (AvgIpc) is 2.96. The number of likely N-dealkylation sites (N-methyl/N-ethyl adjacent to an activating group) is 2. The SMILES string of the molecule is CN1CCc2cccc3c2[C@H]1Cc1ccc(O)c(O)c1-3.CN1CCc2cccc3c2[C@H]1Cc1ccc(O)c(O)c1-3.O.[Cl-].[Cl-]. The number of rotatable bonds is 0. The Hall–Kier alpha value is -3.46. The van der Waals surface area contributed by atoms with Crippen molar-refractivity contribution in [3.63, 3.8) is 0 Å². The van der Waals surface area contributed by atoms with Crippen LogP contribution in [0.2, 0.25) is 0 Å². The first kappa shape index (κ1) is 32.5. The summed E-state index contributed by atoms with van der Waals surface area (Å²) in [7, 11) is 4.32. The number of hydrogen-bond acceptors (Lipinski definition) is 6. The van der Waals surface area contributed by atoms with E-state index in [4.69, 9.17) is 0 Å². The topological polar surface area (TPSA) is 119 Å². The third-order valence-corrected chi connectivity index (χ3v) is 9.44. The van der Waals surface area contributed by atoms with Gasteiger partial charge in [0.15, 0.2) is 23.0 Å². The predicted octanol–water partition coefficient (Wildman–Crippen LogP) is -1.12. The van der Waals surface area contributed by atoms with Crippen LogP contribution in [0, 0.1) is 0 Å². The predicted molar refractivity (Wildman–Crippen MR) is 160 cm³/mol. The highest BCUT2D eigenvalue weighted by Gasteiger charge is 2.35. The second kappa shape index (κ2) is 12.3. The molecule has 2 aliphatic carbocycles. The molecule has 7 nitrogen and oxygen atoms in total. The molecule has 6 N–H and O–H groups in total. The molecule has 0 spiro atoms. The molecular formula is C34H36Cl2N2O5-2. The van der Waals surface area contributed by atoms with Gasteiger partial charge in [-0.1, -0.05) is 48.5 Å². The second-order valence-electron chi connectivity index (χ2n) is 11.6. The lowest BCUT2D eigenvalue weighted by atomic mass is 9.77. The maximum Gasteiger partial charge on any atom is 0.165 e. The maximum absolute atomic E-state index is 10.3. The molecule has 9 heteroatoms. The first-order valence-electron chi connectivity index (χ1n) is 14.1. The zero-order chi connectivity index (χ0) is 27.7. The van der Waals surface area contributed by atoms with Crippen molar-refractivity contribution < 1.29 is 50.7 Å². The average molecular weight is 624 g/mol. The molecule has 0 saturated carbocycles. The monoisotopic (exact) mass is 622 g/mol. The number of phenols is 4. The van der Waals surface area contributed by atoms with Crippen molar-refractivity contribution >= 4 is 0 Å². The molecule has 4 aliphatic rings. The van der Waals surface area contributed by atoms with Crippen molar-refractivity contribution in [3.8, 4) is 45.3 Å². The zero-order valence-corrected chi connectivity index (χ0v) is 25.6. The number of fused-ring (bicyclic) bond motifs is 4. The highest BCUT2D eigenvalue weighted by Crippen LogP contribution is 2.51. The van der Waals surface area contributed by atoms with E-state index in [0.717, 1.165) is 72.2 Å². The third-order valence-electron chi connectivity index (χ3n) is 9.44. The molecule has 228 valence electrons. The van der Waals surface area contributed by atoms with E-state index < -0.39 is 0 Å². The normalized spacial score (nSPS) is 18.9. The van der Waals surface area contributed by atoms with Gasteiger partial charge in [-0.3, -0.25) is 9.80 Å². The molecule has 0 unspecified atom stereocenters. The summed E-state index contributed by atoms with van der Waals surface area (Å²) < 4.78 is 0. The molecule has 4 aromatic carbocycles. The number of hydrogen-bond donors (Lipinski definition) is 4. The molecule has 0 saturated heterocycles. The largest absolute Gasteiger partial charge is 1.00 e. The maximum atomic E-state index is 10.3. The summed E-state index contributed by atoms with van der Waals surface area (Å²) in [6.07, 6.45) is 3.88. The first-order chi connectivity index (χ1) is 19.3. The highest BCUT2D eigenvalue weighted by atomic mass is 35.5. The Morgan fingerprint density at radius 2 is 0.953 bits per heavy atom. The van der Waals surface area contributed by atoms with Crippen LogP contribution >= 0.6 is 0 Å². The van der Waals surface area contributed by atoms with Gasteiger partial charge >= 0.3 is 0 Å². The number of benzene rings is 4. The van der Waals surface area contributed by atoms with E-state index in [1.54, 1.807) is 12.1 Å². The molecule has 2 atom stereocenters. The molecule has 0 aromatic heterocycles. The summed E-state index contributed by atoms with van der Waals surface area (Å²) >= 11 is 0. The Morgan fingerprint density at radius 1 is 0.558 bits per heavy atom. The lowest BCUT2D eigenvalue weighted by molar-refractivity contribution is -0.001000. The molecule has 0 radical (unpaired) electrons. The molecule has 4 aromatic rings. The molecule has 8 rings (SSSR count). The number of aromatic hydroxyl groups is 4. The van der Waals surface area contributed by atoms with Gasteiger partial charge in [-0.25, -0.2) is 0 Å². The van der Waals surface area contributed by atoms with Gasteiger partial charge in [-0.15, -0.1) is 0 Å². The van der Waals surface area contributed by atoms with E-state index >= 15 is 0 Å². The van der Waals surface area contributed by atoms with Gasteiger partial charge in [0.1, 0.15) is 0 Å². The lowest BCUT2D eigenvalue weighted by Gasteiger charge is -2.39. The van der Waals surface area contributed by atoms with Gasteiger partial charge in [-0.2, -0.15) is 0 Å². The van der Waals surface area contributed by atoms with Crippen LogP contribution in [-0.4, -0.2) is 62.9 Å². The van der Waals surface area contributed by atoms with Gasteiger partial charge in [0, 0.05) is 36.3 Å². The van der Waals surface area contributed by atoms with Crippen LogP contribution in [0.25, 0.3) is 22.3 Å². The summed E-state index contributed by atoms with van der Waals surface area (Å²) in [5, 5.41) is 40.1. The van der Waals surface area contributed by atoms with Crippen molar-refractivity contribution in [1.82, 2.24) is 9.80 Å². The molecule has 2 heterocycles. The fourth-order valence-electron chi connectivity index (χ4n) is 7.35. The van der Waals surface area contributed by atoms with Crippen molar-refractivity contribution in [2.24, 2.45) is 0 Å². The van der Waals surface area contributed by atoms with Crippen molar-refractivity contribution in [2.75, 3.05) is 27.2 Å². The Labute approximate surface area is 264 Å². The van der Waals surface area contributed by atoms with E-state index in [9.17, 15) is 20.4 Å². The second-order valence-corrected chi connectivity index (χ2v) is 11.6. The van der Waals surface area contributed by atoms with E-state index in [-0.39, 0.29) is 53.3 Å². The number of phenolic OH excluding ortho intramolecular Hbond substituents is 4. The molecule has 0 fully saturated rings. The highest BCUT2D eigenvalue weighted by molar-refractivity contribution is 5.83. The number of halogens is 2. The minimum absolute atomic E-state index is 0. The summed E-state index contributed by atoms with van der Waals surface area (Å²) in [5.41, 5.74) is 11.4. The van der Waals surface area contributed by atoms with Crippen molar-refractivity contribution in [1.29, 1.82) is 0 Å². The van der Waals surface area contributed by atoms with Gasteiger partial charge < -0.3 is 50.7 Å². The Bertz CT molecular complexity index is 1550. The van der Waals surface area contributed by atoms with Gasteiger partial charge in [-0.05, 0) is 96.4 Å². The van der Waals surface area contributed by atoms with Crippen LogP contribution in [-0.2, 0) is 25.7 Å². The minimum Gasteiger partial charge on any atom is -1.00 e. The standard InChI is InChI=1S/2C17H17NO2.2ClH.H2O/c2*1-18-8-7-10-3-2-4-12-15(10)13(18)9-11-5-6-14(19)17(20)16(11)12;;;/h2*2-6,13,19-20H,7-9H2,1H3;2*1H;1H2/p-2/t2*13-;;;/m11.../s1. The summed E-state index contributed by atoms with van der Waals surface area (Å²) in [5.74, 6) is -0.0434. The van der Waals surface area contributed by atoms with E-state index in [1.165, 1.54) is 22.3 Å². The third kappa shape index (κ3) is 5.09. The van der Waals surface area contributed by atoms with Crippen LogP contribution in [0.3, 0.4) is 0 Å². The number of nitrogens with zero attached hydrogens (tertiary/aromatic N) is 2. The molecule has 43 heavy (non-hydrogen) atoms. The summed E-state index contributed by atoms with van der Waals surface area (Å²) in [6.45, 7) is 2.14. The van der Waals surface area contributed by atoms with Crippen LogP contribution in [0.5, 0.6) is 23.0 Å². The lowest BCUT2D eigenvalue weighted by Crippen LogP contribution is -3.00. The van der Waals surface area contributed by atoms with E-state index in [2.05, 4.69) is 60.3 Å². The van der Waals surface area contributed by atoms with Crippen LogP contribution in [0.1, 0.15) is 45.5 Å². The van der Waals surface area contributed by atoms with Crippen molar-refractivity contribution in [2.45, 2.75) is 37.8 Å². The van der Waals surface area contributed by atoms with Gasteiger partial charge in [0.05, 0.1) is 0 Å². The fraction of sp³-hybridized carbons (Fsp3) is 0.294. The molecule has 2 aliphatic heterocycles. The summed E-state index contributed by atoms with van der Waals surface area (Å²) in [6, 6.07) is 20.4. The van der Waals surface area contributed by atoms with E-state index in [1.807, 2.05) is 12.1 Å². The smallest absolute Gasteiger partial charge is 0.165 e. The molecule has 0 bridgehead atoms. The van der Waals surface area contributed by atoms with Gasteiger partial charge in [0.2, 0.25) is 0 Å². The molecule has 0 amide bonds. The Kier molecular flexibility index (Phi) is 9.26. The van der Waals surface area contributed by atoms with Crippen LogP contribution in [0.4, 0.5) is 0 Å². The van der Waals surface area contributed by atoms with Gasteiger partial charge in [0.25, 0.3) is 0 Å². The Balaban J connectivity index is 0.000000184. The fourth-order valence-corrected chi connectivity index (χ4v) is 7.35. The zero-order valence-electron chi connectivity index (χ0n) is 24.1. The molecular weight excluding hydrogens is 587 g/mol. The van der Waals surface area contributed by atoms with Crippen LogP contribution in [0.15, 0.2) is 60.7 Å². The van der Waals surface area contributed by atoms with Crippen molar-refractivity contribution in [3.05, 3.63) is 94.0 Å². The Morgan fingerprint density at radius 3 is 1.35 bits per heavy atom. The summed E-state index contributed by atoms with van der Waals surface area (Å²) in [4.78, 5) is 4.78. The minimum atomic E-state index is -0.0380.